The summed E-state index contributed by atoms with van der Waals surface area (Å²) in [7, 11) is 0. The summed E-state index contributed by atoms with van der Waals surface area (Å²) >= 11 is 0. The van der Waals surface area contributed by atoms with Crippen LogP contribution in [0.4, 0.5) is 5.69 Å². The summed E-state index contributed by atoms with van der Waals surface area (Å²) in [5.41, 5.74) is 2.30. The highest BCUT2D eigenvalue weighted by atomic mass is 16.6. The average Bonchev–Trinajstić information content (AvgIpc) is 2.35. The summed E-state index contributed by atoms with van der Waals surface area (Å²) in [6.07, 6.45) is 0. The van der Waals surface area contributed by atoms with Crippen LogP contribution < -0.4 is 20.1 Å². The second kappa shape index (κ2) is 5.77. The van der Waals surface area contributed by atoms with E-state index in [0.717, 1.165) is 36.8 Å². The Kier molecular flexibility index (Phi) is 4.09. The quantitative estimate of drug-likeness (QED) is 0.765. The van der Waals surface area contributed by atoms with Crippen molar-refractivity contribution >= 4 is 5.69 Å². The maximum absolute atomic E-state index is 5.57. The molecular weight excluding hydrogens is 216 g/mol. The third-order valence-corrected chi connectivity index (χ3v) is 2.76. The van der Waals surface area contributed by atoms with Crippen LogP contribution in [0.5, 0.6) is 11.5 Å². The van der Waals surface area contributed by atoms with Gasteiger partial charge in [0.15, 0.2) is 11.5 Å². The van der Waals surface area contributed by atoms with E-state index in [1.807, 2.05) is 12.1 Å². The molecule has 0 aliphatic carbocycles. The molecule has 2 N–H and O–H groups in total. The number of hydrogen-bond acceptors (Lipinski definition) is 4. The Hall–Kier alpha value is -1.42. The molecule has 0 radical (unpaired) electrons. The molecule has 2 rings (SSSR count). The zero-order chi connectivity index (χ0) is 12.1. The first kappa shape index (κ1) is 12.0. The fourth-order valence-corrected chi connectivity index (χ4v) is 1.84. The van der Waals surface area contributed by atoms with Crippen LogP contribution in [0.15, 0.2) is 12.1 Å². The molecule has 0 unspecified atom stereocenters. The number of likely N-dealkylation sites (N-methyl/N-ethyl adjacent to an activating group) is 1. The Labute approximate surface area is 102 Å². The third-order valence-electron chi connectivity index (χ3n) is 2.76. The van der Waals surface area contributed by atoms with Gasteiger partial charge in [0.05, 0.1) is 0 Å². The lowest BCUT2D eigenvalue weighted by atomic mass is 10.1. The monoisotopic (exact) mass is 236 g/mol. The molecule has 1 aliphatic rings. The van der Waals surface area contributed by atoms with E-state index in [2.05, 4.69) is 24.5 Å². The average molecular weight is 236 g/mol. The Balaban J connectivity index is 2.01. The van der Waals surface area contributed by atoms with Gasteiger partial charge in [-0.2, -0.15) is 0 Å². The molecule has 0 bridgehead atoms. The smallest absolute Gasteiger partial charge is 0.163 e. The zero-order valence-corrected chi connectivity index (χ0v) is 10.5. The maximum Gasteiger partial charge on any atom is 0.163 e. The van der Waals surface area contributed by atoms with Crippen molar-refractivity contribution in [3.05, 3.63) is 17.7 Å². The first-order chi connectivity index (χ1) is 8.31. The van der Waals surface area contributed by atoms with Gasteiger partial charge >= 0.3 is 0 Å². The van der Waals surface area contributed by atoms with Crippen molar-refractivity contribution in [1.29, 1.82) is 0 Å². The van der Waals surface area contributed by atoms with Crippen molar-refractivity contribution in [2.45, 2.75) is 13.8 Å². The van der Waals surface area contributed by atoms with Gasteiger partial charge in [0.25, 0.3) is 0 Å². The normalized spacial score (nSPS) is 13.5. The van der Waals surface area contributed by atoms with Crippen LogP contribution in [-0.2, 0) is 0 Å². The Bertz CT molecular complexity index is 380. The predicted molar refractivity (Wildman–Crippen MR) is 69.2 cm³/mol. The van der Waals surface area contributed by atoms with Gasteiger partial charge in [-0.05, 0) is 25.1 Å². The number of aryl methyl sites for hydroxylation is 1. The van der Waals surface area contributed by atoms with Crippen LogP contribution in [-0.4, -0.2) is 32.8 Å². The number of rotatable bonds is 5. The molecule has 0 aromatic heterocycles. The summed E-state index contributed by atoms with van der Waals surface area (Å²) in [5, 5.41) is 6.68. The molecule has 0 atom stereocenters. The van der Waals surface area contributed by atoms with E-state index in [9.17, 15) is 0 Å². The van der Waals surface area contributed by atoms with Gasteiger partial charge in [-0.25, -0.2) is 0 Å². The van der Waals surface area contributed by atoms with Crippen molar-refractivity contribution < 1.29 is 9.47 Å². The zero-order valence-electron chi connectivity index (χ0n) is 10.5. The van der Waals surface area contributed by atoms with Gasteiger partial charge < -0.3 is 20.1 Å². The molecule has 1 aromatic carbocycles. The molecule has 0 amide bonds. The maximum atomic E-state index is 5.57. The second-order valence-corrected chi connectivity index (χ2v) is 4.09. The number of anilines is 1. The molecule has 4 nitrogen and oxygen atoms in total. The molecule has 1 heterocycles. The molecule has 17 heavy (non-hydrogen) atoms. The van der Waals surface area contributed by atoms with Gasteiger partial charge in [-0.1, -0.05) is 6.92 Å². The van der Waals surface area contributed by atoms with Crippen LogP contribution >= 0.6 is 0 Å². The fourth-order valence-electron chi connectivity index (χ4n) is 1.84. The van der Waals surface area contributed by atoms with E-state index in [1.54, 1.807) is 0 Å². The van der Waals surface area contributed by atoms with Gasteiger partial charge in [-0.3, -0.25) is 0 Å². The molecule has 0 spiro atoms. The minimum absolute atomic E-state index is 0.632. The van der Waals surface area contributed by atoms with E-state index in [0.29, 0.717) is 13.2 Å². The Morgan fingerprint density at radius 2 is 1.82 bits per heavy atom. The van der Waals surface area contributed by atoms with Crippen molar-refractivity contribution in [1.82, 2.24) is 5.32 Å². The summed E-state index contributed by atoms with van der Waals surface area (Å²) in [6, 6.07) is 4.06. The number of nitrogens with one attached hydrogen (secondary N) is 2. The topological polar surface area (TPSA) is 42.5 Å². The number of fused-ring (bicyclic) bond motifs is 1. The van der Waals surface area contributed by atoms with E-state index in [4.69, 9.17) is 9.47 Å². The molecule has 94 valence electrons. The summed E-state index contributed by atoms with van der Waals surface area (Å²) in [5.74, 6) is 1.69. The molecule has 1 aromatic rings. The van der Waals surface area contributed by atoms with Crippen LogP contribution in [0.3, 0.4) is 0 Å². The molecule has 4 heteroatoms. The van der Waals surface area contributed by atoms with E-state index >= 15 is 0 Å². The first-order valence-corrected chi connectivity index (χ1v) is 6.16. The first-order valence-electron chi connectivity index (χ1n) is 6.16. The fraction of sp³-hybridized carbons (Fsp3) is 0.538. The van der Waals surface area contributed by atoms with Gasteiger partial charge in [-0.15, -0.1) is 0 Å². The SMILES string of the molecule is CCNCCNc1cc2c(cc1C)OCCO2. The summed E-state index contributed by atoms with van der Waals surface area (Å²) in [6.45, 7) is 8.33. The highest BCUT2D eigenvalue weighted by molar-refractivity contribution is 5.60. The molecule has 0 saturated heterocycles. The minimum Gasteiger partial charge on any atom is -0.486 e. The number of ether oxygens (including phenoxy) is 2. The summed E-state index contributed by atoms with van der Waals surface area (Å²) in [4.78, 5) is 0. The highest BCUT2D eigenvalue weighted by Gasteiger charge is 2.13. The van der Waals surface area contributed by atoms with Crippen LogP contribution in [0, 0.1) is 6.92 Å². The van der Waals surface area contributed by atoms with Crippen molar-refractivity contribution in [3.8, 4) is 11.5 Å². The standard InChI is InChI=1S/C13H20N2O2/c1-3-14-4-5-15-11-9-13-12(8-10(11)2)16-6-7-17-13/h8-9,14-15H,3-7H2,1-2H3. The van der Waals surface area contributed by atoms with E-state index < -0.39 is 0 Å². The van der Waals surface area contributed by atoms with Crippen LogP contribution in [0.2, 0.25) is 0 Å². The minimum atomic E-state index is 0.632. The van der Waals surface area contributed by atoms with Crippen LogP contribution in [0.1, 0.15) is 12.5 Å². The van der Waals surface area contributed by atoms with Gasteiger partial charge in [0.1, 0.15) is 13.2 Å². The lowest BCUT2D eigenvalue weighted by Gasteiger charge is -2.20. The lowest BCUT2D eigenvalue weighted by Crippen LogP contribution is -2.22. The Morgan fingerprint density at radius 3 is 2.53 bits per heavy atom. The van der Waals surface area contributed by atoms with E-state index in [-0.39, 0.29) is 0 Å². The van der Waals surface area contributed by atoms with E-state index in [1.165, 1.54) is 5.56 Å². The number of hydrogen-bond donors (Lipinski definition) is 2. The number of benzene rings is 1. The lowest BCUT2D eigenvalue weighted by molar-refractivity contribution is 0.171. The highest BCUT2D eigenvalue weighted by Crippen LogP contribution is 2.35. The summed E-state index contributed by atoms with van der Waals surface area (Å²) < 4.78 is 11.1. The third kappa shape index (κ3) is 3.03. The van der Waals surface area contributed by atoms with Crippen molar-refractivity contribution in [3.63, 3.8) is 0 Å². The molecule has 1 aliphatic heterocycles. The second-order valence-electron chi connectivity index (χ2n) is 4.09. The largest absolute Gasteiger partial charge is 0.486 e. The molecular formula is C13H20N2O2. The van der Waals surface area contributed by atoms with Gasteiger partial charge in [0.2, 0.25) is 0 Å². The molecule has 0 fully saturated rings. The van der Waals surface area contributed by atoms with Gasteiger partial charge in [0, 0.05) is 24.8 Å². The van der Waals surface area contributed by atoms with Crippen molar-refractivity contribution in [2.75, 3.05) is 38.2 Å². The predicted octanol–water partition coefficient (Wildman–Crippen LogP) is 1.79. The molecule has 0 saturated carbocycles. The van der Waals surface area contributed by atoms with Crippen molar-refractivity contribution in [2.24, 2.45) is 0 Å². The Morgan fingerprint density at radius 1 is 1.12 bits per heavy atom. The van der Waals surface area contributed by atoms with Crippen LogP contribution in [0.25, 0.3) is 0 Å².